The molecule has 3 rings (SSSR count). The van der Waals surface area contributed by atoms with Gasteiger partial charge in [-0.3, -0.25) is 0 Å². The van der Waals surface area contributed by atoms with Crippen LogP contribution in [0.3, 0.4) is 0 Å². The van der Waals surface area contributed by atoms with E-state index >= 15 is 0 Å². The molecule has 0 saturated carbocycles. The van der Waals surface area contributed by atoms with E-state index in [1.807, 2.05) is 18.2 Å². The summed E-state index contributed by atoms with van der Waals surface area (Å²) in [6, 6.07) is 20.2. The lowest BCUT2D eigenvalue weighted by atomic mass is 9.98. The molecule has 0 spiro atoms. The Balaban J connectivity index is 2.18. The van der Waals surface area contributed by atoms with Crippen LogP contribution in [0.2, 0.25) is 5.02 Å². The summed E-state index contributed by atoms with van der Waals surface area (Å²) < 4.78 is 0. The van der Waals surface area contributed by atoms with Crippen LogP contribution in [0.5, 0.6) is 0 Å². The molecule has 0 aliphatic heterocycles. The summed E-state index contributed by atoms with van der Waals surface area (Å²) in [7, 11) is 0. The van der Waals surface area contributed by atoms with Crippen LogP contribution in [0.4, 0.5) is 5.82 Å². The van der Waals surface area contributed by atoms with Crippen LogP contribution >= 0.6 is 11.6 Å². The molecule has 0 radical (unpaired) electrons. The van der Waals surface area contributed by atoms with Crippen molar-refractivity contribution in [1.82, 2.24) is 4.98 Å². The van der Waals surface area contributed by atoms with Gasteiger partial charge >= 0.3 is 0 Å². The van der Waals surface area contributed by atoms with Crippen molar-refractivity contribution in [2.45, 2.75) is 0 Å². The van der Waals surface area contributed by atoms with Crippen LogP contribution in [0.15, 0.2) is 54.6 Å². The molecule has 0 unspecified atom stereocenters. The van der Waals surface area contributed by atoms with E-state index in [0.29, 0.717) is 27.4 Å². The number of nitrogen functional groups attached to an aromatic ring is 1. The van der Waals surface area contributed by atoms with E-state index in [1.165, 1.54) is 0 Å². The molecule has 0 amide bonds. The first-order valence-electron chi connectivity index (χ1n) is 7.09. The van der Waals surface area contributed by atoms with Gasteiger partial charge in [-0.1, -0.05) is 35.9 Å². The van der Waals surface area contributed by atoms with Gasteiger partial charge in [0.15, 0.2) is 0 Å². The van der Waals surface area contributed by atoms with Gasteiger partial charge < -0.3 is 5.73 Å². The lowest BCUT2D eigenvalue weighted by Gasteiger charge is -2.10. The SMILES string of the molecule is N#Cc1ccc(-c2cc(-c3ccc(Cl)cc3)c(C#N)c(N)n2)cc1. The molecule has 0 atom stereocenters. The van der Waals surface area contributed by atoms with Crippen molar-refractivity contribution >= 4 is 17.4 Å². The van der Waals surface area contributed by atoms with E-state index in [1.54, 1.807) is 36.4 Å². The number of nitrogens with two attached hydrogens (primary N) is 1. The van der Waals surface area contributed by atoms with Crippen LogP contribution in [-0.4, -0.2) is 4.98 Å². The fourth-order valence-electron chi connectivity index (χ4n) is 2.40. The lowest BCUT2D eigenvalue weighted by molar-refractivity contribution is 1.31. The summed E-state index contributed by atoms with van der Waals surface area (Å²) in [5.41, 5.74) is 9.87. The van der Waals surface area contributed by atoms with Gasteiger partial charge in [-0.05, 0) is 35.9 Å². The minimum atomic E-state index is 0.171. The fourth-order valence-corrected chi connectivity index (χ4v) is 2.53. The molecule has 0 fully saturated rings. The van der Waals surface area contributed by atoms with Gasteiger partial charge in [0.05, 0.1) is 17.3 Å². The number of aromatic nitrogens is 1. The molecule has 2 aromatic carbocycles. The molecular weight excluding hydrogens is 320 g/mol. The Morgan fingerprint density at radius 3 is 2.08 bits per heavy atom. The first-order chi connectivity index (χ1) is 11.6. The summed E-state index contributed by atoms with van der Waals surface area (Å²) in [5, 5.41) is 18.9. The van der Waals surface area contributed by atoms with E-state index in [9.17, 15) is 5.26 Å². The number of hydrogen-bond acceptors (Lipinski definition) is 4. The number of nitrogens with zero attached hydrogens (tertiary/aromatic N) is 3. The van der Waals surface area contributed by atoms with Crippen LogP contribution in [0.25, 0.3) is 22.4 Å². The second kappa shape index (κ2) is 6.42. The Morgan fingerprint density at radius 2 is 1.50 bits per heavy atom. The molecule has 5 heteroatoms. The first-order valence-corrected chi connectivity index (χ1v) is 7.47. The Labute approximate surface area is 144 Å². The van der Waals surface area contributed by atoms with Crippen LogP contribution in [0, 0.1) is 22.7 Å². The molecule has 1 heterocycles. The van der Waals surface area contributed by atoms with Crippen molar-refractivity contribution < 1.29 is 0 Å². The quantitative estimate of drug-likeness (QED) is 0.754. The fraction of sp³-hybridized carbons (Fsp3) is 0. The van der Waals surface area contributed by atoms with E-state index in [0.717, 1.165) is 11.1 Å². The van der Waals surface area contributed by atoms with Crippen molar-refractivity contribution in [3.05, 3.63) is 70.7 Å². The monoisotopic (exact) mass is 330 g/mol. The number of hydrogen-bond donors (Lipinski definition) is 1. The van der Waals surface area contributed by atoms with Crippen molar-refractivity contribution in [2.24, 2.45) is 0 Å². The molecule has 0 aliphatic rings. The van der Waals surface area contributed by atoms with Gasteiger partial charge in [-0.2, -0.15) is 10.5 Å². The van der Waals surface area contributed by atoms with Gasteiger partial charge in [0.25, 0.3) is 0 Å². The van der Waals surface area contributed by atoms with E-state index < -0.39 is 0 Å². The molecule has 114 valence electrons. The summed E-state index contributed by atoms with van der Waals surface area (Å²) in [6.45, 7) is 0. The van der Waals surface area contributed by atoms with Crippen molar-refractivity contribution in [1.29, 1.82) is 10.5 Å². The number of pyridine rings is 1. The van der Waals surface area contributed by atoms with E-state index in [2.05, 4.69) is 17.1 Å². The first kappa shape index (κ1) is 15.6. The van der Waals surface area contributed by atoms with Crippen molar-refractivity contribution in [2.75, 3.05) is 5.73 Å². The highest BCUT2D eigenvalue weighted by Gasteiger charge is 2.13. The highest BCUT2D eigenvalue weighted by atomic mass is 35.5. The van der Waals surface area contributed by atoms with Crippen LogP contribution in [-0.2, 0) is 0 Å². The van der Waals surface area contributed by atoms with E-state index in [4.69, 9.17) is 22.6 Å². The van der Waals surface area contributed by atoms with Crippen molar-refractivity contribution in [3.63, 3.8) is 0 Å². The zero-order valence-electron chi connectivity index (χ0n) is 12.5. The molecular formula is C19H11ClN4. The van der Waals surface area contributed by atoms with Crippen LogP contribution < -0.4 is 5.73 Å². The van der Waals surface area contributed by atoms with Gasteiger partial charge in [0, 0.05) is 16.1 Å². The minimum absolute atomic E-state index is 0.171. The Bertz CT molecular complexity index is 978. The van der Waals surface area contributed by atoms with Gasteiger partial charge in [-0.15, -0.1) is 0 Å². The molecule has 0 bridgehead atoms. The maximum atomic E-state index is 9.41. The normalized spacial score (nSPS) is 9.96. The Kier molecular flexibility index (Phi) is 4.16. The zero-order valence-corrected chi connectivity index (χ0v) is 13.2. The second-order valence-corrected chi connectivity index (χ2v) is 5.56. The third kappa shape index (κ3) is 2.92. The standard InChI is InChI=1S/C19H11ClN4/c20-15-7-5-13(6-8-15)16-9-18(24-19(23)17(16)11-22)14-3-1-12(10-21)2-4-14/h1-9H,(H2,23,24). The number of nitriles is 2. The maximum absolute atomic E-state index is 9.41. The third-order valence-corrected chi connectivity index (χ3v) is 3.88. The van der Waals surface area contributed by atoms with Gasteiger partial charge in [0.2, 0.25) is 0 Å². The lowest BCUT2D eigenvalue weighted by Crippen LogP contribution is -1.99. The second-order valence-electron chi connectivity index (χ2n) is 5.12. The summed E-state index contributed by atoms with van der Waals surface area (Å²) in [4.78, 5) is 4.32. The van der Waals surface area contributed by atoms with E-state index in [-0.39, 0.29) is 5.82 Å². The average molecular weight is 331 g/mol. The molecule has 0 aliphatic carbocycles. The number of rotatable bonds is 2. The largest absolute Gasteiger partial charge is 0.383 e. The highest BCUT2D eigenvalue weighted by molar-refractivity contribution is 6.30. The highest BCUT2D eigenvalue weighted by Crippen LogP contribution is 2.31. The predicted octanol–water partition coefficient (Wildman–Crippen LogP) is 4.39. The molecule has 3 aromatic rings. The Hall–Kier alpha value is -3.34. The third-order valence-electron chi connectivity index (χ3n) is 3.62. The summed E-state index contributed by atoms with van der Waals surface area (Å²) >= 11 is 5.93. The Morgan fingerprint density at radius 1 is 0.875 bits per heavy atom. The maximum Gasteiger partial charge on any atom is 0.142 e. The van der Waals surface area contributed by atoms with Crippen LogP contribution in [0.1, 0.15) is 11.1 Å². The summed E-state index contributed by atoms with van der Waals surface area (Å²) in [5.74, 6) is 0.171. The molecule has 0 saturated heterocycles. The molecule has 2 N–H and O–H groups in total. The average Bonchev–Trinajstić information content (AvgIpc) is 2.62. The molecule has 4 nitrogen and oxygen atoms in total. The number of benzene rings is 2. The molecule has 24 heavy (non-hydrogen) atoms. The summed E-state index contributed by atoms with van der Waals surface area (Å²) in [6.07, 6.45) is 0. The molecule has 1 aromatic heterocycles. The van der Waals surface area contributed by atoms with Gasteiger partial charge in [0.1, 0.15) is 17.5 Å². The minimum Gasteiger partial charge on any atom is -0.383 e. The number of anilines is 1. The zero-order chi connectivity index (χ0) is 17.1. The van der Waals surface area contributed by atoms with Crippen molar-refractivity contribution in [3.8, 4) is 34.5 Å². The number of halogens is 1. The topological polar surface area (TPSA) is 86.5 Å². The van der Waals surface area contributed by atoms with Gasteiger partial charge in [-0.25, -0.2) is 4.98 Å². The predicted molar refractivity (Wildman–Crippen MR) is 94.0 cm³/mol. The smallest absolute Gasteiger partial charge is 0.142 e.